The lowest BCUT2D eigenvalue weighted by atomic mass is 9.79. The Morgan fingerprint density at radius 3 is 2.63 bits per heavy atom. The minimum atomic E-state index is -0.0698. The summed E-state index contributed by atoms with van der Waals surface area (Å²) in [5, 5.41) is 5.27. The maximum atomic E-state index is 13.0. The zero-order chi connectivity index (χ0) is 20.7. The van der Waals surface area contributed by atoms with Crippen molar-refractivity contribution in [2.24, 2.45) is 5.92 Å². The van der Waals surface area contributed by atoms with E-state index in [9.17, 15) is 9.59 Å². The normalized spacial score (nSPS) is 32.0. The first-order chi connectivity index (χ1) is 14.6. The highest BCUT2D eigenvalue weighted by Gasteiger charge is 2.50. The molecule has 4 unspecified atom stereocenters. The Balaban J connectivity index is 1.21. The van der Waals surface area contributed by atoms with E-state index < -0.39 is 0 Å². The summed E-state index contributed by atoms with van der Waals surface area (Å²) < 4.78 is 5.41. The molecule has 0 spiro atoms. The second-order valence-corrected chi connectivity index (χ2v) is 8.85. The number of nitrogens with zero attached hydrogens (tertiary/aromatic N) is 3. The molecule has 3 aliphatic heterocycles. The van der Waals surface area contributed by atoms with Crippen LogP contribution >= 0.6 is 0 Å². The molecule has 1 aromatic carbocycles. The Kier molecular flexibility index (Phi) is 5.39. The van der Waals surface area contributed by atoms with E-state index in [4.69, 9.17) is 4.74 Å². The number of carbonyl (C=O) groups is 2. The molecule has 1 aromatic rings. The van der Waals surface area contributed by atoms with Crippen LogP contribution in [0.1, 0.15) is 25.7 Å². The van der Waals surface area contributed by atoms with Crippen molar-refractivity contribution in [2.75, 3.05) is 50.1 Å². The topological polar surface area (TPSA) is 77.2 Å². The van der Waals surface area contributed by atoms with Crippen LogP contribution in [0.25, 0.3) is 0 Å². The number of hydrogen-bond acceptors (Lipinski definition) is 6. The van der Waals surface area contributed by atoms with Crippen LogP contribution in [0.4, 0.5) is 11.4 Å². The smallest absolute Gasteiger partial charge is 0.241 e. The van der Waals surface area contributed by atoms with Crippen molar-refractivity contribution in [3.63, 3.8) is 0 Å². The molecule has 0 radical (unpaired) electrons. The van der Waals surface area contributed by atoms with Crippen molar-refractivity contribution >= 4 is 23.2 Å². The molecule has 0 aromatic heterocycles. The molecule has 30 heavy (non-hydrogen) atoms. The summed E-state index contributed by atoms with van der Waals surface area (Å²) >= 11 is 0. The molecular formula is C22H31N5O3. The number of amides is 2. The molecule has 0 bridgehead atoms. The number of fused-ring (bicyclic) bond motifs is 3. The number of nitrogens with one attached hydrogen (secondary N) is 2. The SMILES string of the molecule is CN1C(=O)C2CCNN2C2CCC(C(=O)Nc3ccc(N4CCOCC4)cc3)CC21. The van der Waals surface area contributed by atoms with Gasteiger partial charge in [0.2, 0.25) is 11.8 Å². The lowest BCUT2D eigenvalue weighted by Crippen LogP contribution is -2.67. The number of hydrazine groups is 1. The number of rotatable bonds is 3. The largest absolute Gasteiger partial charge is 0.378 e. The van der Waals surface area contributed by atoms with Gasteiger partial charge < -0.3 is 19.9 Å². The molecule has 4 atom stereocenters. The fraction of sp³-hybridized carbons (Fsp3) is 0.636. The second-order valence-electron chi connectivity index (χ2n) is 8.85. The summed E-state index contributed by atoms with van der Waals surface area (Å²) in [4.78, 5) is 29.9. The van der Waals surface area contributed by atoms with Gasteiger partial charge in [-0.25, -0.2) is 5.01 Å². The molecule has 4 fully saturated rings. The van der Waals surface area contributed by atoms with E-state index in [1.54, 1.807) is 0 Å². The van der Waals surface area contributed by atoms with E-state index in [0.717, 1.165) is 69.9 Å². The third-order valence-corrected chi connectivity index (χ3v) is 7.20. The molecule has 1 saturated carbocycles. The molecule has 2 amide bonds. The lowest BCUT2D eigenvalue weighted by Gasteiger charge is -2.50. The van der Waals surface area contributed by atoms with E-state index >= 15 is 0 Å². The average molecular weight is 414 g/mol. The Labute approximate surface area is 177 Å². The van der Waals surface area contributed by atoms with Crippen molar-refractivity contribution in [2.45, 2.75) is 43.8 Å². The van der Waals surface area contributed by atoms with Crippen LogP contribution < -0.4 is 15.6 Å². The quantitative estimate of drug-likeness (QED) is 0.772. The molecule has 5 rings (SSSR count). The standard InChI is InChI=1S/C22H31N5O3/c1-25-20-14-15(2-7-18(20)27-19(22(25)29)8-9-23-27)21(28)24-16-3-5-17(6-4-16)26-10-12-30-13-11-26/h3-6,15,18-20,23H,2,7-14H2,1H3,(H,24,28). The van der Waals surface area contributed by atoms with Gasteiger partial charge in [0.1, 0.15) is 6.04 Å². The van der Waals surface area contributed by atoms with E-state index in [0.29, 0.717) is 6.04 Å². The number of piperazine rings is 1. The second kappa shape index (κ2) is 8.17. The van der Waals surface area contributed by atoms with Crippen LogP contribution in [0, 0.1) is 5.92 Å². The van der Waals surface area contributed by atoms with E-state index in [1.165, 1.54) is 0 Å². The average Bonchev–Trinajstić information content (AvgIpc) is 3.28. The van der Waals surface area contributed by atoms with E-state index in [1.807, 2.05) is 24.1 Å². The molecule has 2 N–H and O–H groups in total. The third-order valence-electron chi connectivity index (χ3n) is 7.20. The number of benzene rings is 1. The van der Waals surface area contributed by atoms with Crippen LogP contribution in [0.3, 0.4) is 0 Å². The van der Waals surface area contributed by atoms with Crippen LogP contribution in [-0.2, 0) is 14.3 Å². The highest BCUT2D eigenvalue weighted by molar-refractivity contribution is 5.93. The zero-order valence-electron chi connectivity index (χ0n) is 17.5. The highest BCUT2D eigenvalue weighted by Crippen LogP contribution is 2.37. The van der Waals surface area contributed by atoms with Gasteiger partial charge in [0.15, 0.2) is 0 Å². The third kappa shape index (κ3) is 3.57. The van der Waals surface area contributed by atoms with Crippen molar-refractivity contribution in [1.82, 2.24) is 15.3 Å². The summed E-state index contributed by atoms with van der Waals surface area (Å²) in [7, 11) is 1.90. The summed E-state index contributed by atoms with van der Waals surface area (Å²) in [6.07, 6.45) is 3.37. The summed E-state index contributed by atoms with van der Waals surface area (Å²) in [6.45, 7) is 4.17. The number of ether oxygens (including phenoxy) is 1. The number of morpholine rings is 1. The van der Waals surface area contributed by atoms with Crippen LogP contribution in [0.2, 0.25) is 0 Å². The highest BCUT2D eigenvalue weighted by atomic mass is 16.5. The fourth-order valence-electron chi connectivity index (χ4n) is 5.50. The lowest BCUT2D eigenvalue weighted by molar-refractivity contribution is -0.153. The molecule has 3 saturated heterocycles. The van der Waals surface area contributed by atoms with Gasteiger partial charge in [-0.2, -0.15) is 0 Å². The van der Waals surface area contributed by atoms with Crippen LogP contribution in [-0.4, -0.2) is 79.7 Å². The van der Waals surface area contributed by atoms with Crippen molar-refractivity contribution in [1.29, 1.82) is 0 Å². The number of anilines is 2. The Morgan fingerprint density at radius 2 is 1.87 bits per heavy atom. The van der Waals surface area contributed by atoms with Crippen molar-refractivity contribution < 1.29 is 14.3 Å². The molecule has 162 valence electrons. The molecule has 8 heteroatoms. The Bertz CT molecular complexity index is 794. The first-order valence-electron chi connectivity index (χ1n) is 11.1. The minimum absolute atomic E-state index is 0.0355. The van der Waals surface area contributed by atoms with Gasteiger partial charge >= 0.3 is 0 Å². The Hall–Kier alpha value is -2.16. The van der Waals surface area contributed by atoms with Crippen LogP contribution in [0.5, 0.6) is 0 Å². The van der Waals surface area contributed by atoms with E-state index in [2.05, 4.69) is 32.8 Å². The van der Waals surface area contributed by atoms with Gasteiger partial charge in [-0.15, -0.1) is 0 Å². The molecule has 4 aliphatic rings. The summed E-state index contributed by atoms with van der Waals surface area (Å²) in [6, 6.07) is 8.43. The maximum absolute atomic E-state index is 13.0. The molecule has 1 aliphatic carbocycles. The zero-order valence-corrected chi connectivity index (χ0v) is 17.5. The predicted octanol–water partition coefficient (Wildman–Crippen LogP) is 1.05. The van der Waals surface area contributed by atoms with Crippen LogP contribution in [0.15, 0.2) is 24.3 Å². The first kappa shape index (κ1) is 19.8. The van der Waals surface area contributed by atoms with Gasteiger partial charge in [-0.05, 0) is 49.9 Å². The number of hydrogen-bond donors (Lipinski definition) is 2. The minimum Gasteiger partial charge on any atom is -0.378 e. The first-order valence-corrected chi connectivity index (χ1v) is 11.1. The summed E-state index contributed by atoms with van der Waals surface area (Å²) in [5.74, 6) is 0.172. The van der Waals surface area contributed by atoms with Gasteiger partial charge in [0.25, 0.3) is 0 Å². The fourth-order valence-corrected chi connectivity index (χ4v) is 5.50. The number of likely N-dealkylation sites (N-methyl/N-ethyl adjacent to an activating group) is 1. The molecule has 8 nitrogen and oxygen atoms in total. The monoisotopic (exact) mass is 413 g/mol. The van der Waals surface area contributed by atoms with Crippen molar-refractivity contribution in [3.05, 3.63) is 24.3 Å². The van der Waals surface area contributed by atoms with Gasteiger partial charge in [-0.1, -0.05) is 0 Å². The summed E-state index contributed by atoms with van der Waals surface area (Å²) in [5.41, 5.74) is 5.38. The number of carbonyl (C=O) groups excluding carboxylic acids is 2. The predicted molar refractivity (Wildman–Crippen MR) is 114 cm³/mol. The molecular weight excluding hydrogens is 382 g/mol. The Morgan fingerprint density at radius 1 is 1.10 bits per heavy atom. The van der Waals surface area contributed by atoms with Gasteiger partial charge in [0.05, 0.1) is 13.2 Å². The molecule has 3 heterocycles. The van der Waals surface area contributed by atoms with Gasteiger partial charge in [0, 0.05) is 56.1 Å². The van der Waals surface area contributed by atoms with Gasteiger partial charge in [-0.3, -0.25) is 15.0 Å². The van der Waals surface area contributed by atoms with E-state index in [-0.39, 0.29) is 29.8 Å². The van der Waals surface area contributed by atoms with Crippen molar-refractivity contribution in [3.8, 4) is 0 Å². The maximum Gasteiger partial charge on any atom is 0.241 e.